The van der Waals surface area contributed by atoms with E-state index < -0.39 is 11.9 Å². The lowest BCUT2D eigenvalue weighted by molar-refractivity contribution is -0.138. The summed E-state index contributed by atoms with van der Waals surface area (Å²) < 4.78 is 0. The zero-order valence-electron chi connectivity index (χ0n) is 8.69. The number of carbonyl (C=O) groups excluding carboxylic acids is 1. The molecule has 14 heavy (non-hydrogen) atoms. The van der Waals surface area contributed by atoms with Gasteiger partial charge < -0.3 is 10.8 Å². The molecular weight excluding hydrogens is 184 g/mol. The molecule has 0 heterocycles. The number of hydrogen-bond acceptors (Lipinski definition) is 3. The van der Waals surface area contributed by atoms with Crippen LogP contribution in [-0.2, 0) is 9.59 Å². The van der Waals surface area contributed by atoms with Gasteiger partial charge in [0.15, 0.2) is 0 Å². The average molecular weight is 202 g/mol. The van der Waals surface area contributed by atoms with E-state index in [1.807, 2.05) is 13.8 Å². The largest absolute Gasteiger partial charge is 0.480 e. The Morgan fingerprint density at radius 3 is 2.36 bits per heavy atom. The molecular formula is C9H18N2O3. The minimum absolute atomic E-state index is 0.0106. The molecule has 0 radical (unpaired) electrons. The van der Waals surface area contributed by atoms with Crippen LogP contribution in [0.2, 0.25) is 0 Å². The standard InChI is InChI=1S/C9H18N2O3/c1-3-7(2)4-11(5-8(10)12)6-9(13)14/h7H,3-6H2,1-2H3,(H2,10,12)(H,13,14). The summed E-state index contributed by atoms with van der Waals surface area (Å²) in [4.78, 5) is 22.7. The van der Waals surface area contributed by atoms with Crippen LogP contribution < -0.4 is 5.73 Å². The SMILES string of the molecule is CCC(C)CN(CC(N)=O)CC(=O)O. The van der Waals surface area contributed by atoms with Gasteiger partial charge in [-0.25, -0.2) is 0 Å². The fraction of sp³-hybridized carbons (Fsp3) is 0.778. The highest BCUT2D eigenvalue weighted by Gasteiger charge is 2.14. The fourth-order valence-corrected chi connectivity index (χ4v) is 1.17. The van der Waals surface area contributed by atoms with Crippen LogP contribution in [0.5, 0.6) is 0 Å². The number of nitrogens with two attached hydrogens (primary N) is 1. The van der Waals surface area contributed by atoms with Crippen molar-refractivity contribution < 1.29 is 14.7 Å². The minimum atomic E-state index is -0.936. The third-order valence-electron chi connectivity index (χ3n) is 2.01. The van der Waals surface area contributed by atoms with Gasteiger partial charge in [0, 0.05) is 6.54 Å². The van der Waals surface area contributed by atoms with Crippen molar-refractivity contribution >= 4 is 11.9 Å². The van der Waals surface area contributed by atoms with Gasteiger partial charge in [-0.3, -0.25) is 14.5 Å². The number of primary amides is 1. The number of aliphatic carboxylic acids is 1. The van der Waals surface area contributed by atoms with E-state index in [0.717, 1.165) is 6.42 Å². The second kappa shape index (κ2) is 6.37. The molecule has 5 heteroatoms. The number of amides is 1. The predicted octanol–water partition coefficient (Wildman–Crippen LogP) is -0.0956. The Bertz CT molecular complexity index is 190. The smallest absolute Gasteiger partial charge is 0.317 e. The van der Waals surface area contributed by atoms with E-state index in [0.29, 0.717) is 12.5 Å². The number of carbonyl (C=O) groups is 2. The van der Waals surface area contributed by atoms with Gasteiger partial charge >= 0.3 is 5.97 Å². The molecule has 0 aliphatic carbocycles. The van der Waals surface area contributed by atoms with E-state index >= 15 is 0 Å². The molecule has 0 aliphatic rings. The van der Waals surface area contributed by atoms with E-state index in [4.69, 9.17) is 10.8 Å². The number of rotatable bonds is 7. The van der Waals surface area contributed by atoms with Crippen molar-refractivity contribution in [1.29, 1.82) is 0 Å². The lowest BCUT2D eigenvalue weighted by atomic mass is 10.1. The Kier molecular flexibility index (Phi) is 5.87. The van der Waals surface area contributed by atoms with Crippen molar-refractivity contribution in [2.45, 2.75) is 20.3 Å². The Morgan fingerprint density at radius 2 is 2.00 bits per heavy atom. The highest BCUT2D eigenvalue weighted by atomic mass is 16.4. The highest BCUT2D eigenvalue weighted by molar-refractivity contribution is 5.77. The zero-order chi connectivity index (χ0) is 11.1. The predicted molar refractivity (Wildman–Crippen MR) is 52.7 cm³/mol. The summed E-state index contributed by atoms with van der Waals surface area (Å²) in [7, 11) is 0. The molecule has 1 atom stereocenters. The van der Waals surface area contributed by atoms with E-state index in [9.17, 15) is 9.59 Å². The lowest BCUT2D eigenvalue weighted by Crippen LogP contribution is -2.39. The molecule has 1 amide bonds. The van der Waals surface area contributed by atoms with Gasteiger partial charge in [0.1, 0.15) is 0 Å². The maximum absolute atomic E-state index is 10.6. The molecule has 0 bridgehead atoms. The van der Waals surface area contributed by atoms with Gasteiger partial charge in [0.2, 0.25) is 5.91 Å². The molecule has 0 aliphatic heterocycles. The molecule has 0 spiro atoms. The van der Waals surface area contributed by atoms with Crippen LogP contribution >= 0.6 is 0 Å². The second-order valence-electron chi connectivity index (χ2n) is 3.54. The number of hydrogen-bond donors (Lipinski definition) is 2. The molecule has 0 aromatic rings. The topological polar surface area (TPSA) is 83.6 Å². The van der Waals surface area contributed by atoms with Crippen LogP contribution in [-0.4, -0.2) is 41.5 Å². The van der Waals surface area contributed by atoms with Crippen molar-refractivity contribution in [1.82, 2.24) is 4.90 Å². The third-order valence-corrected chi connectivity index (χ3v) is 2.01. The fourth-order valence-electron chi connectivity index (χ4n) is 1.17. The van der Waals surface area contributed by atoms with Crippen LogP contribution in [0.15, 0.2) is 0 Å². The van der Waals surface area contributed by atoms with E-state index in [1.54, 1.807) is 4.90 Å². The van der Waals surface area contributed by atoms with Crippen LogP contribution in [0.25, 0.3) is 0 Å². The molecule has 82 valence electrons. The summed E-state index contributed by atoms with van der Waals surface area (Å²) in [5.41, 5.74) is 5.01. The maximum Gasteiger partial charge on any atom is 0.317 e. The molecule has 5 nitrogen and oxygen atoms in total. The summed E-state index contributed by atoms with van der Waals surface area (Å²) >= 11 is 0. The van der Waals surface area contributed by atoms with Crippen LogP contribution in [0.1, 0.15) is 20.3 Å². The average Bonchev–Trinajstić information content (AvgIpc) is 2.01. The molecule has 0 aromatic heterocycles. The summed E-state index contributed by atoms with van der Waals surface area (Å²) in [6.07, 6.45) is 0.953. The van der Waals surface area contributed by atoms with Crippen LogP contribution in [0.4, 0.5) is 0 Å². The highest BCUT2D eigenvalue weighted by Crippen LogP contribution is 2.03. The first kappa shape index (κ1) is 12.9. The number of nitrogens with zero attached hydrogens (tertiary/aromatic N) is 1. The Balaban J connectivity index is 4.09. The monoisotopic (exact) mass is 202 g/mol. The van der Waals surface area contributed by atoms with Crippen molar-refractivity contribution in [2.75, 3.05) is 19.6 Å². The van der Waals surface area contributed by atoms with Gasteiger partial charge in [0.25, 0.3) is 0 Å². The van der Waals surface area contributed by atoms with Gasteiger partial charge in [-0.1, -0.05) is 20.3 Å². The normalized spacial score (nSPS) is 12.8. The van der Waals surface area contributed by atoms with E-state index in [-0.39, 0.29) is 13.1 Å². The third kappa shape index (κ3) is 6.42. The molecule has 0 rings (SSSR count). The number of carboxylic acids is 1. The molecule has 3 N–H and O–H groups in total. The molecule has 0 saturated heterocycles. The van der Waals surface area contributed by atoms with E-state index in [2.05, 4.69) is 0 Å². The van der Waals surface area contributed by atoms with Crippen molar-refractivity contribution in [2.24, 2.45) is 11.7 Å². The molecule has 1 unspecified atom stereocenters. The molecule has 0 saturated carbocycles. The lowest BCUT2D eigenvalue weighted by Gasteiger charge is -2.21. The molecule has 0 aromatic carbocycles. The summed E-state index contributed by atoms with van der Waals surface area (Å²) in [5, 5.41) is 8.59. The summed E-state index contributed by atoms with van der Waals surface area (Å²) in [5.74, 6) is -1.06. The van der Waals surface area contributed by atoms with Crippen LogP contribution in [0.3, 0.4) is 0 Å². The van der Waals surface area contributed by atoms with Gasteiger partial charge in [-0.2, -0.15) is 0 Å². The Labute approximate surface area is 83.9 Å². The minimum Gasteiger partial charge on any atom is -0.480 e. The quantitative estimate of drug-likeness (QED) is 0.604. The maximum atomic E-state index is 10.6. The van der Waals surface area contributed by atoms with Gasteiger partial charge in [0.05, 0.1) is 13.1 Å². The Hall–Kier alpha value is -1.10. The molecule has 0 fully saturated rings. The van der Waals surface area contributed by atoms with Crippen molar-refractivity contribution in [3.8, 4) is 0 Å². The van der Waals surface area contributed by atoms with E-state index in [1.165, 1.54) is 0 Å². The first-order valence-electron chi connectivity index (χ1n) is 4.68. The Morgan fingerprint density at radius 1 is 1.43 bits per heavy atom. The summed E-state index contributed by atoms with van der Waals surface area (Å²) in [6.45, 7) is 4.50. The zero-order valence-corrected chi connectivity index (χ0v) is 8.69. The van der Waals surface area contributed by atoms with Crippen molar-refractivity contribution in [3.63, 3.8) is 0 Å². The summed E-state index contributed by atoms with van der Waals surface area (Å²) in [6, 6.07) is 0. The first-order chi connectivity index (χ1) is 6.45. The first-order valence-corrected chi connectivity index (χ1v) is 4.68. The van der Waals surface area contributed by atoms with Gasteiger partial charge in [-0.15, -0.1) is 0 Å². The van der Waals surface area contributed by atoms with Gasteiger partial charge in [-0.05, 0) is 5.92 Å². The van der Waals surface area contributed by atoms with Crippen LogP contribution in [0, 0.1) is 5.92 Å². The van der Waals surface area contributed by atoms with Crippen molar-refractivity contribution in [3.05, 3.63) is 0 Å². The number of carboxylic acid groups (broad SMARTS) is 1. The second-order valence-corrected chi connectivity index (χ2v) is 3.54.